The number of aliphatic carboxylic acids is 1. The topological polar surface area (TPSA) is 118 Å². The van der Waals surface area contributed by atoms with E-state index in [0.717, 1.165) is 12.7 Å². The van der Waals surface area contributed by atoms with Crippen molar-refractivity contribution in [3.05, 3.63) is 29.8 Å². The number of carboxylic acid groups (broad SMARTS) is 1. The van der Waals surface area contributed by atoms with Gasteiger partial charge in [0, 0.05) is 6.26 Å². The Bertz CT molecular complexity index is 755. The SMILES string of the molecule is CCCC[C@H](NS(=O)(=O)Cc1cccc(S(C)(=O)=O)c1)C(=O)O. The Balaban J connectivity index is 2.92. The van der Waals surface area contributed by atoms with Gasteiger partial charge in [-0.25, -0.2) is 21.6 Å². The van der Waals surface area contributed by atoms with Gasteiger partial charge in [0.1, 0.15) is 6.04 Å². The summed E-state index contributed by atoms with van der Waals surface area (Å²) in [7, 11) is -7.34. The largest absolute Gasteiger partial charge is 0.480 e. The number of rotatable bonds is 9. The van der Waals surface area contributed by atoms with Crippen molar-refractivity contribution < 1.29 is 26.7 Å². The summed E-state index contributed by atoms with van der Waals surface area (Å²) < 4.78 is 49.4. The Hall–Kier alpha value is -1.45. The standard InChI is InChI=1S/C14H21NO6S2/c1-3-4-8-13(14(16)17)15-23(20,21)10-11-6-5-7-12(9-11)22(2,18)19/h5-7,9,13,15H,3-4,8,10H2,1-2H3,(H,16,17)/t13-/m0/s1. The maximum absolute atomic E-state index is 12.1. The molecule has 1 atom stereocenters. The van der Waals surface area contributed by atoms with Crippen molar-refractivity contribution in [2.24, 2.45) is 0 Å². The average molecular weight is 363 g/mol. The van der Waals surface area contributed by atoms with E-state index in [-0.39, 0.29) is 16.9 Å². The predicted molar refractivity (Wildman–Crippen MR) is 86.3 cm³/mol. The second kappa shape index (κ2) is 7.89. The van der Waals surface area contributed by atoms with E-state index in [1.54, 1.807) is 0 Å². The Morgan fingerprint density at radius 2 is 1.91 bits per heavy atom. The first kappa shape index (κ1) is 19.6. The molecule has 1 aromatic carbocycles. The lowest BCUT2D eigenvalue weighted by Gasteiger charge is -2.14. The molecule has 7 nitrogen and oxygen atoms in total. The van der Waals surface area contributed by atoms with Gasteiger partial charge in [-0.3, -0.25) is 4.79 Å². The molecule has 1 rings (SSSR count). The molecule has 0 fully saturated rings. The van der Waals surface area contributed by atoms with Gasteiger partial charge >= 0.3 is 5.97 Å². The Morgan fingerprint density at radius 1 is 1.26 bits per heavy atom. The first-order chi connectivity index (χ1) is 10.5. The molecular formula is C14H21NO6S2. The van der Waals surface area contributed by atoms with E-state index in [4.69, 9.17) is 5.11 Å². The zero-order valence-electron chi connectivity index (χ0n) is 13.0. The quantitative estimate of drug-likeness (QED) is 0.679. The molecular weight excluding hydrogens is 342 g/mol. The maximum Gasteiger partial charge on any atom is 0.321 e. The molecule has 2 N–H and O–H groups in total. The lowest BCUT2D eigenvalue weighted by Crippen LogP contribution is -2.41. The van der Waals surface area contributed by atoms with Crippen LogP contribution in [0.2, 0.25) is 0 Å². The van der Waals surface area contributed by atoms with Crippen LogP contribution >= 0.6 is 0 Å². The molecule has 0 unspecified atom stereocenters. The van der Waals surface area contributed by atoms with E-state index in [2.05, 4.69) is 4.72 Å². The third-order valence-corrected chi connectivity index (χ3v) is 5.62. The number of benzene rings is 1. The van der Waals surface area contributed by atoms with Crippen LogP contribution in [0.1, 0.15) is 31.7 Å². The summed E-state index contributed by atoms with van der Waals surface area (Å²) in [6.45, 7) is 1.88. The highest BCUT2D eigenvalue weighted by Crippen LogP contribution is 2.14. The van der Waals surface area contributed by atoms with E-state index in [0.29, 0.717) is 6.42 Å². The summed E-state index contributed by atoms with van der Waals surface area (Å²) in [6.07, 6.45) is 2.57. The van der Waals surface area contributed by atoms with Gasteiger partial charge in [-0.05, 0) is 24.1 Å². The number of hydrogen-bond donors (Lipinski definition) is 2. The number of nitrogens with one attached hydrogen (secondary N) is 1. The van der Waals surface area contributed by atoms with Gasteiger partial charge in [0.25, 0.3) is 0 Å². The minimum absolute atomic E-state index is 0.0194. The van der Waals surface area contributed by atoms with Crippen LogP contribution < -0.4 is 4.72 Å². The summed E-state index contributed by atoms with van der Waals surface area (Å²) in [5, 5.41) is 9.07. The summed E-state index contributed by atoms with van der Waals surface area (Å²) in [5.41, 5.74) is 0.278. The van der Waals surface area contributed by atoms with Crippen molar-refractivity contribution in [3.63, 3.8) is 0 Å². The van der Waals surface area contributed by atoms with Crippen LogP contribution in [0.4, 0.5) is 0 Å². The van der Waals surface area contributed by atoms with Crippen molar-refractivity contribution >= 4 is 25.8 Å². The molecule has 0 aliphatic carbocycles. The van der Waals surface area contributed by atoms with Crippen molar-refractivity contribution in [1.29, 1.82) is 0 Å². The molecule has 0 saturated carbocycles. The second-order valence-corrected chi connectivity index (χ2v) is 9.10. The van der Waals surface area contributed by atoms with E-state index in [1.807, 2.05) is 6.92 Å². The zero-order valence-corrected chi connectivity index (χ0v) is 14.7. The molecule has 0 aliphatic rings. The van der Waals surface area contributed by atoms with Gasteiger partial charge < -0.3 is 5.11 Å². The predicted octanol–water partition coefficient (Wildman–Crippen LogP) is 1.15. The average Bonchev–Trinajstić information content (AvgIpc) is 2.42. The first-order valence-electron chi connectivity index (χ1n) is 7.07. The van der Waals surface area contributed by atoms with Crippen molar-refractivity contribution in [1.82, 2.24) is 4.72 Å². The minimum Gasteiger partial charge on any atom is -0.480 e. The molecule has 23 heavy (non-hydrogen) atoms. The number of unbranched alkanes of at least 4 members (excludes halogenated alkanes) is 1. The van der Waals surface area contributed by atoms with E-state index < -0.39 is 37.6 Å². The molecule has 0 amide bonds. The Kier molecular flexibility index (Phi) is 6.72. The molecule has 0 spiro atoms. The van der Waals surface area contributed by atoms with Gasteiger partial charge in [-0.2, -0.15) is 0 Å². The van der Waals surface area contributed by atoms with Crippen molar-refractivity contribution in [2.45, 2.75) is 42.9 Å². The molecule has 130 valence electrons. The van der Waals surface area contributed by atoms with Crippen LogP contribution in [0.5, 0.6) is 0 Å². The molecule has 0 saturated heterocycles. The van der Waals surface area contributed by atoms with Gasteiger partial charge in [-0.15, -0.1) is 0 Å². The maximum atomic E-state index is 12.1. The number of carbonyl (C=O) groups is 1. The summed E-state index contributed by atoms with van der Waals surface area (Å²) >= 11 is 0. The van der Waals surface area contributed by atoms with E-state index >= 15 is 0 Å². The molecule has 9 heteroatoms. The van der Waals surface area contributed by atoms with Crippen LogP contribution in [-0.2, 0) is 30.4 Å². The lowest BCUT2D eigenvalue weighted by molar-refractivity contribution is -0.139. The number of sulfonamides is 1. The smallest absolute Gasteiger partial charge is 0.321 e. The van der Waals surface area contributed by atoms with Crippen molar-refractivity contribution in [3.8, 4) is 0 Å². The van der Waals surface area contributed by atoms with Gasteiger partial charge in [-0.1, -0.05) is 31.9 Å². The van der Waals surface area contributed by atoms with E-state index in [9.17, 15) is 21.6 Å². The van der Waals surface area contributed by atoms with Crippen LogP contribution in [0.15, 0.2) is 29.2 Å². The molecule has 0 aliphatic heterocycles. The molecule has 1 aromatic rings. The Labute approximate surface area is 136 Å². The normalized spacial score (nSPS) is 13.7. The number of sulfone groups is 1. The molecule has 0 radical (unpaired) electrons. The third-order valence-electron chi connectivity index (χ3n) is 3.15. The Morgan fingerprint density at radius 3 is 2.43 bits per heavy atom. The summed E-state index contributed by atoms with van der Waals surface area (Å²) in [6, 6.07) is 4.40. The highest BCUT2D eigenvalue weighted by molar-refractivity contribution is 7.90. The highest BCUT2D eigenvalue weighted by Gasteiger charge is 2.24. The molecule has 0 heterocycles. The monoisotopic (exact) mass is 363 g/mol. The van der Waals surface area contributed by atoms with Crippen LogP contribution in [0, 0.1) is 0 Å². The number of hydrogen-bond acceptors (Lipinski definition) is 5. The summed E-state index contributed by atoms with van der Waals surface area (Å²) in [4.78, 5) is 11.1. The van der Waals surface area contributed by atoms with Crippen LogP contribution in [0.25, 0.3) is 0 Å². The van der Waals surface area contributed by atoms with Crippen LogP contribution in [0.3, 0.4) is 0 Å². The molecule has 0 bridgehead atoms. The van der Waals surface area contributed by atoms with Gasteiger partial charge in [0.2, 0.25) is 10.0 Å². The fraction of sp³-hybridized carbons (Fsp3) is 0.500. The second-order valence-electron chi connectivity index (χ2n) is 5.33. The van der Waals surface area contributed by atoms with E-state index in [1.165, 1.54) is 24.3 Å². The fourth-order valence-corrected chi connectivity index (χ4v) is 4.03. The van der Waals surface area contributed by atoms with Gasteiger partial charge in [0.15, 0.2) is 9.84 Å². The molecule has 0 aromatic heterocycles. The highest BCUT2D eigenvalue weighted by atomic mass is 32.2. The lowest BCUT2D eigenvalue weighted by atomic mass is 10.1. The zero-order chi connectivity index (χ0) is 17.7. The first-order valence-corrected chi connectivity index (χ1v) is 10.6. The fourth-order valence-electron chi connectivity index (χ4n) is 1.98. The third kappa shape index (κ3) is 6.67. The number of carboxylic acids is 1. The van der Waals surface area contributed by atoms with Crippen molar-refractivity contribution in [2.75, 3.05) is 6.26 Å². The minimum atomic E-state index is -3.90. The van der Waals surface area contributed by atoms with Crippen LogP contribution in [-0.4, -0.2) is 40.2 Å². The summed E-state index contributed by atoms with van der Waals surface area (Å²) in [5.74, 6) is -1.71. The van der Waals surface area contributed by atoms with Gasteiger partial charge in [0.05, 0.1) is 10.6 Å².